The van der Waals surface area contributed by atoms with E-state index in [4.69, 9.17) is 9.78 Å². The monoisotopic (exact) mass is 255 g/mol. The molecule has 0 unspecified atom stereocenters. The van der Waals surface area contributed by atoms with E-state index in [1.807, 2.05) is 30.3 Å². The highest BCUT2D eigenvalue weighted by Gasteiger charge is 2.02. The predicted octanol–water partition coefficient (Wildman–Crippen LogP) is 3.99. The van der Waals surface area contributed by atoms with Crippen molar-refractivity contribution in [1.82, 2.24) is 0 Å². The zero-order valence-corrected chi connectivity index (χ0v) is 11.4. The minimum Gasteiger partial charge on any atom is -0.337 e. The Bertz CT molecular complexity index is 571. The normalized spacial score (nSPS) is 10.9. The number of hydrogen-bond acceptors (Lipinski definition) is 3. The van der Waals surface area contributed by atoms with Crippen LogP contribution in [0.3, 0.4) is 0 Å². The van der Waals surface area contributed by atoms with Gasteiger partial charge in [-0.25, -0.2) is 0 Å². The standard InChI is InChI=1S/C16H17NO2/c1-12-7-6-8-13(2)16(12)17-11-14-9-4-5-10-15(14)19-18-3/h4-11H,1-3H3. The first kappa shape index (κ1) is 13.3. The molecule has 0 radical (unpaired) electrons. The summed E-state index contributed by atoms with van der Waals surface area (Å²) >= 11 is 0. The molecule has 19 heavy (non-hydrogen) atoms. The second kappa shape index (κ2) is 6.16. The Labute approximate surface area is 113 Å². The largest absolute Gasteiger partial charge is 0.337 e. The van der Waals surface area contributed by atoms with Gasteiger partial charge in [0, 0.05) is 11.8 Å². The number of benzene rings is 2. The van der Waals surface area contributed by atoms with Crippen molar-refractivity contribution in [3.8, 4) is 5.75 Å². The van der Waals surface area contributed by atoms with Crippen LogP contribution in [-0.2, 0) is 4.89 Å². The summed E-state index contributed by atoms with van der Waals surface area (Å²) in [6, 6.07) is 13.8. The topological polar surface area (TPSA) is 30.8 Å². The van der Waals surface area contributed by atoms with Crippen molar-refractivity contribution in [2.24, 2.45) is 4.99 Å². The lowest BCUT2D eigenvalue weighted by atomic mass is 10.1. The molecule has 0 aromatic heterocycles. The highest BCUT2D eigenvalue weighted by Crippen LogP contribution is 2.24. The van der Waals surface area contributed by atoms with E-state index in [1.54, 1.807) is 6.21 Å². The summed E-state index contributed by atoms with van der Waals surface area (Å²) in [6.07, 6.45) is 1.80. The van der Waals surface area contributed by atoms with Gasteiger partial charge in [0.1, 0.15) is 0 Å². The van der Waals surface area contributed by atoms with E-state index in [0.29, 0.717) is 5.75 Å². The van der Waals surface area contributed by atoms with E-state index in [1.165, 1.54) is 7.11 Å². The highest BCUT2D eigenvalue weighted by atomic mass is 17.2. The lowest BCUT2D eigenvalue weighted by Gasteiger charge is -2.06. The van der Waals surface area contributed by atoms with Crippen LogP contribution in [-0.4, -0.2) is 13.3 Å². The second-order valence-corrected chi connectivity index (χ2v) is 4.29. The summed E-state index contributed by atoms with van der Waals surface area (Å²) in [4.78, 5) is 14.4. The molecular formula is C16H17NO2. The molecule has 0 aliphatic heterocycles. The Hall–Kier alpha value is -2.13. The molecule has 2 aromatic carbocycles. The first-order chi connectivity index (χ1) is 9.22. The third kappa shape index (κ3) is 3.20. The highest BCUT2D eigenvalue weighted by molar-refractivity contribution is 5.86. The molecule has 2 aromatic rings. The number of nitrogens with zero attached hydrogens (tertiary/aromatic N) is 1. The number of aliphatic imine (C=N–C) groups is 1. The Morgan fingerprint density at radius 3 is 2.32 bits per heavy atom. The first-order valence-corrected chi connectivity index (χ1v) is 6.12. The molecule has 0 amide bonds. The van der Waals surface area contributed by atoms with Gasteiger partial charge < -0.3 is 4.89 Å². The van der Waals surface area contributed by atoms with Gasteiger partial charge in [-0.3, -0.25) is 4.99 Å². The van der Waals surface area contributed by atoms with E-state index >= 15 is 0 Å². The lowest BCUT2D eigenvalue weighted by molar-refractivity contribution is -0.178. The smallest absolute Gasteiger partial charge is 0.174 e. The van der Waals surface area contributed by atoms with Crippen LogP contribution in [0.1, 0.15) is 16.7 Å². The van der Waals surface area contributed by atoms with Crippen LogP contribution >= 0.6 is 0 Å². The van der Waals surface area contributed by atoms with E-state index in [2.05, 4.69) is 31.0 Å². The van der Waals surface area contributed by atoms with Gasteiger partial charge in [0.05, 0.1) is 12.8 Å². The molecule has 0 aliphatic carbocycles. The SMILES string of the molecule is COOc1ccccc1C=Nc1c(C)cccc1C. The van der Waals surface area contributed by atoms with Crippen molar-refractivity contribution < 1.29 is 9.78 Å². The Morgan fingerprint density at radius 2 is 1.63 bits per heavy atom. The molecular weight excluding hydrogens is 238 g/mol. The van der Waals surface area contributed by atoms with E-state index < -0.39 is 0 Å². The van der Waals surface area contributed by atoms with Crippen molar-refractivity contribution in [2.75, 3.05) is 7.11 Å². The fourth-order valence-corrected chi connectivity index (χ4v) is 1.90. The van der Waals surface area contributed by atoms with Crippen LogP contribution in [0, 0.1) is 13.8 Å². The van der Waals surface area contributed by atoms with Crippen molar-refractivity contribution in [3.63, 3.8) is 0 Å². The van der Waals surface area contributed by atoms with Gasteiger partial charge in [-0.2, -0.15) is 4.89 Å². The maximum Gasteiger partial charge on any atom is 0.174 e. The first-order valence-electron chi connectivity index (χ1n) is 6.12. The van der Waals surface area contributed by atoms with Crippen LogP contribution in [0.5, 0.6) is 5.75 Å². The number of hydrogen-bond donors (Lipinski definition) is 0. The molecule has 0 spiro atoms. The molecule has 0 fully saturated rings. The summed E-state index contributed by atoms with van der Waals surface area (Å²) in [7, 11) is 1.49. The lowest BCUT2D eigenvalue weighted by Crippen LogP contribution is -1.94. The van der Waals surface area contributed by atoms with Crippen molar-refractivity contribution >= 4 is 11.9 Å². The summed E-state index contributed by atoms with van der Waals surface area (Å²) < 4.78 is 0. The van der Waals surface area contributed by atoms with Gasteiger partial charge in [-0.05, 0) is 37.1 Å². The minimum absolute atomic E-state index is 0.653. The third-order valence-electron chi connectivity index (χ3n) is 2.86. The summed E-state index contributed by atoms with van der Waals surface area (Å²) in [6.45, 7) is 4.11. The molecule has 0 atom stereocenters. The third-order valence-corrected chi connectivity index (χ3v) is 2.86. The van der Waals surface area contributed by atoms with Crippen LogP contribution < -0.4 is 4.89 Å². The summed E-state index contributed by atoms with van der Waals surface area (Å²) in [5.74, 6) is 0.653. The zero-order valence-electron chi connectivity index (χ0n) is 11.4. The van der Waals surface area contributed by atoms with E-state index in [-0.39, 0.29) is 0 Å². The van der Waals surface area contributed by atoms with Gasteiger partial charge >= 0.3 is 0 Å². The molecule has 0 saturated carbocycles. The fraction of sp³-hybridized carbons (Fsp3) is 0.188. The second-order valence-electron chi connectivity index (χ2n) is 4.29. The van der Waals surface area contributed by atoms with Crippen LogP contribution in [0.4, 0.5) is 5.69 Å². The van der Waals surface area contributed by atoms with Crippen molar-refractivity contribution in [2.45, 2.75) is 13.8 Å². The molecule has 3 nitrogen and oxygen atoms in total. The predicted molar refractivity (Wildman–Crippen MR) is 77.2 cm³/mol. The Morgan fingerprint density at radius 1 is 0.947 bits per heavy atom. The number of rotatable bonds is 4. The molecule has 0 heterocycles. The van der Waals surface area contributed by atoms with E-state index in [0.717, 1.165) is 22.4 Å². The van der Waals surface area contributed by atoms with Gasteiger partial charge in [-0.15, -0.1) is 0 Å². The Balaban J connectivity index is 2.33. The van der Waals surface area contributed by atoms with Gasteiger partial charge in [-0.1, -0.05) is 30.3 Å². The average molecular weight is 255 g/mol. The maximum atomic E-state index is 5.09. The molecule has 0 saturated heterocycles. The quantitative estimate of drug-likeness (QED) is 0.470. The molecule has 0 bridgehead atoms. The van der Waals surface area contributed by atoms with Crippen molar-refractivity contribution in [1.29, 1.82) is 0 Å². The minimum atomic E-state index is 0.653. The summed E-state index contributed by atoms with van der Waals surface area (Å²) in [5.41, 5.74) is 4.18. The van der Waals surface area contributed by atoms with Crippen LogP contribution in [0.15, 0.2) is 47.5 Å². The van der Waals surface area contributed by atoms with Gasteiger partial charge in [0.25, 0.3) is 0 Å². The van der Waals surface area contributed by atoms with Gasteiger partial charge in [0.2, 0.25) is 0 Å². The van der Waals surface area contributed by atoms with E-state index in [9.17, 15) is 0 Å². The number of aryl methyl sites for hydroxylation is 2. The fourth-order valence-electron chi connectivity index (χ4n) is 1.90. The molecule has 2 rings (SSSR count). The van der Waals surface area contributed by atoms with Crippen molar-refractivity contribution in [3.05, 3.63) is 59.2 Å². The molecule has 98 valence electrons. The van der Waals surface area contributed by atoms with Crippen LogP contribution in [0.25, 0.3) is 0 Å². The average Bonchev–Trinajstić information content (AvgIpc) is 2.40. The molecule has 3 heteroatoms. The molecule has 0 N–H and O–H groups in total. The maximum absolute atomic E-state index is 5.09. The Kier molecular flexibility index (Phi) is 4.31. The molecule has 0 aliphatic rings. The zero-order chi connectivity index (χ0) is 13.7. The van der Waals surface area contributed by atoms with Gasteiger partial charge in [0.15, 0.2) is 5.75 Å². The summed E-state index contributed by atoms with van der Waals surface area (Å²) in [5, 5.41) is 0. The van der Waals surface area contributed by atoms with Crippen LogP contribution in [0.2, 0.25) is 0 Å². The number of para-hydroxylation sites is 2.